The van der Waals surface area contributed by atoms with Crippen LogP contribution in [0.3, 0.4) is 0 Å². The van der Waals surface area contributed by atoms with Crippen LogP contribution in [0.5, 0.6) is 0 Å². The van der Waals surface area contributed by atoms with Crippen LogP contribution in [0.1, 0.15) is 16.8 Å². The van der Waals surface area contributed by atoms with Crippen molar-refractivity contribution in [3.8, 4) is 11.3 Å². The van der Waals surface area contributed by atoms with E-state index in [4.69, 9.17) is 4.52 Å². The number of nitrogens with zero attached hydrogens (tertiary/aromatic N) is 2. The van der Waals surface area contributed by atoms with E-state index in [1.807, 2.05) is 18.2 Å². The van der Waals surface area contributed by atoms with Gasteiger partial charge in [-0.3, -0.25) is 0 Å². The molecule has 2 heterocycles. The van der Waals surface area contributed by atoms with Crippen LogP contribution in [0.2, 0.25) is 0 Å². The molecule has 26 heavy (non-hydrogen) atoms. The highest BCUT2D eigenvalue weighted by Crippen LogP contribution is 2.23. The number of nitrogens with one attached hydrogen (secondary N) is 1. The molecule has 0 atom stereocenters. The Morgan fingerprint density at radius 1 is 1.00 bits per heavy atom. The fraction of sp³-hybridized carbons (Fsp3) is 0.318. The van der Waals surface area contributed by atoms with Gasteiger partial charge in [-0.2, -0.15) is 0 Å². The van der Waals surface area contributed by atoms with Gasteiger partial charge in [0.25, 0.3) is 0 Å². The zero-order chi connectivity index (χ0) is 17.9. The van der Waals surface area contributed by atoms with Gasteiger partial charge in [-0.25, -0.2) is 0 Å². The number of piperazine rings is 1. The summed E-state index contributed by atoms with van der Waals surface area (Å²) in [4.78, 5) is 4.09. The lowest BCUT2D eigenvalue weighted by Gasteiger charge is -2.34. The topological polar surface area (TPSA) is 33.7 Å². The highest BCUT2D eigenvalue weighted by molar-refractivity contribution is 5.57. The molecule has 1 fully saturated rings. The summed E-state index contributed by atoms with van der Waals surface area (Å²) < 4.78 is 5.54. The molecule has 0 aliphatic carbocycles. The SMILES string of the molecule is Cc1cccc(N2CC[NH+](Cc3cc(-c4ccccc4)on3)CC2)c1C. The van der Waals surface area contributed by atoms with E-state index < -0.39 is 0 Å². The third kappa shape index (κ3) is 3.51. The molecule has 1 aliphatic rings. The summed E-state index contributed by atoms with van der Waals surface area (Å²) in [6.45, 7) is 9.77. The van der Waals surface area contributed by atoms with E-state index in [1.165, 1.54) is 16.8 Å². The number of hydrogen-bond donors (Lipinski definition) is 1. The van der Waals surface area contributed by atoms with Crippen molar-refractivity contribution in [1.29, 1.82) is 0 Å². The lowest BCUT2D eigenvalue weighted by Crippen LogP contribution is -3.13. The summed E-state index contributed by atoms with van der Waals surface area (Å²) in [5.74, 6) is 0.856. The molecule has 2 aromatic carbocycles. The minimum absolute atomic E-state index is 0.856. The molecular formula is C22H26N3O+. The van der Waals surface area contributed by atoms with Crippen molar-refractivity contribution in [2.45, 2.75) is 20.4 Å². The monoisotopic (exact) mass is 348 g/mol. The number of hydrogen-bond acceptors (Lipinski definition) is 3. The molecule has 1 aromatic heterocycles. The highest BCUT2D eigenvalue weighted by atomic mass is 16.5. The van der Waals surface area contributed by atoms with Crippen LogP contribution in [-0.4, -0.2) is 31.3 Å². The van der Waals surface area contributed by atoms with Crippen LogP contribution in [0.25, 0.3) is 11.3 Å². The third-order valence-corrected chi connectivity index (χ3v) is 5.44. The Balaban J connectivity index is 1.37. The van der Waals surface area contributed by atoms with Gasteiger partial charge in [0.15, 0.2) is 5.76 Å². The van der Waals surface area contributed by atoms with E-state index in [-0.39, 0.29) is 0 Å². The van der Waals surface area contributed by atoms with Crippen LogP contribution < -0.4 is 9.80 Å². The molecular weight excluding hydrogens is 322 g/mol. The van der Waals surface area contributed by atoms with Crippen molar-refractivity contribution in [2.75, 3.05) is 31.1 Å². The zero-order valence-corrected chi connectivity index (χ0v) is 15.5. The fourth-order valence-corrected chi connectivity index (χ4v) is 3.71. The molecule has 4 heteroatoms. The molecule has 4 rings (SSSR count). The summed E-state index contributed by atoms with van der Waals surface area (Å²) in [5.41, 5.74) is 6.28. The number of quaternary nitrogens is 1. The average molecular weight is 348 g/mol. The van der Waals surface area contributed by atoms with Crippen LogP contribution in [0.4, 0.5) is 5.69 Å². The van der Waals surface area contributed by atoms with Crippen molar-refractivity contribution < 1.29 is 9.42 Å². The lowest BCUT2D eigenvalue weighted by molar-refractivity contribution is -0.914. The summed E-state index contributed by atoms with van der Waals surface area (Å²) in [5, 5.41) is 4.28. The quantitative estimate of drug-likeness (QED) is 0.787. The summed E-state index contributed by atoms with van der Waals surface area (Å²) >= 11 is 0. The van der Waals surface area contributed by atoms with Gasteiger partial charge in [0, 0.05) is 17.3 Å². The molecule has 1 saturated heterocycles. The molecule has 1 N–H and O–H groups in total. The predicted molar refractivity (Wildman–Crippen MR) is 104 cm³/mol. The zero-order valence-electron chi connectivity index (χ0n) is 15.5. The summed E-state index contributed by atoms with van der Waals surface area (Å²) in [7, 11) is 0. The Labute approximate surface area is 155 Å². The van der Waals surface area contributed by atoms with Crippen molar-refractivity contribution in [3.05, 3.63) is 71.4 Å². The second kappa shape index (κ2) is 7.34. The molecule has 0 spiro atoms. The van der Waals surface area contributed by atoms with Gasteiger partial charge < -0.3 is 14.3 Å². The Bertz CT molecular complexity index is 864. The number of benzene rings is 2. The van der Waals surface area contributed by atoms with Gasteiger partial charge in [-0.05, 0) is 31.0 Å². The lowest BCUT2D eigenvalue weighted by atomic mass is 10.1. The smallest absolute Gasteiger partial charge is 0.167 e. The second-order valence-electron chi connectivity index (χ2n) is 7.18. The van der Waals surface area contributed by atoms with Gasteiger partial charge in [0.1, 0.15) is 12.2 Å². The van der Waals surface area contributed by atoms with E-state index >= 15 is 0 Å². The highest BCUT2D eigenvalue weighted by Gasteiger charge is 2.22. The van der Waals surface area contributed by atoms with E-state index in [1.54, 1.807) is 4.90 Å². The van der Waals surface area contributed by atoms with Gasteiger partial charge >= 0.3 is 0 Å². The van der Waals surface area contributed by atoms with Crippen LogP contribution in [0, 0.1) is 13.8 Å². The normalized spacial score (nSPS) is 15.4. The Hall–Kier alpha value is -2.59. The van der Waals surface area contributed by atoms with Gasteiger partial charge in [0.05, 0.1) is 26.2 Å². The van der Waals surface area contributed by atoms with Crippen LogP contribution in [0.15, 0.2) is 59.1 Å². The van der Waals surface area contributed by atoms with E-state index in [0.29, 0.717) is 0 Å². The van der Waals surface area contributed by atoms with Crippen molar-refractivity contribution in [2.24, 2.45) is 0 Å². The Kier molecular flexibility index (Phi) is 4.76. The predicted octanol–water partition coefficient (Wildman–Crippen LogP) is 2.86. The van der Waals surface area contributed by atoms with Gasteiger partial charge in [-0.1, -0.05) is 47.6 Å². The van der Waals surface area contributed by atoms with Crippen LogP contribution >= 0.6 is 0 Å². The molecule has 3 aromatic rings. The van der Waals surface area contributed by atoms with Gasteiger partial charge in [-0.15, -0.1) is 0 Å². The molecule has 4 nitrogen and oxygen atoms in total. The number of rotatable bonds is 4. The van der Waals surface area contributed by atoms with Crippen LogP contribution in [-0.2, 0) is 6.54 Å². The molecule has 134 valence electrons. The Morgan fingerprint density at radius 2 is 1.77 bits per heavy atom. The van der Waals surface area contributed by atoms with Gasteiger partial charge in [0.2, 0.25) is 0 Å². The summed E-state index contributed by atoms with van der Waals surface area (Å²) in [6.07, 6.45) is 0. The minimum atomic E-state index is 0.856. The van der Waals surface area contributed by atoms with E-state index in [2.05, 4.69) is 60.3 Å². The molecule has 0 unspecified atom stereocenters. The molecule has 0 amide bonds. The molecule has 1 aliphatic heterocycles. The summed E-state index contributed by atoms with van der Waals surface area (Å²) in [6, 6.07) is 18.9. The van der Waals surface area contributed by atoms with Crippen molar-refractivity contribution in [1.82, 2.24) is 5.16 Å². The number of anilines is 1. The standard InChI is InChI=1S/C22H25N3O/c1-17-7-6-10-21(18(17)2)25-13-11-24(12-14-25)16-20-15-22(26-23-20)19-8-4-3-5-9-19/h3-10,15H,11-14,16H2,1-2H3/p+1. The molecule has 0 bridgehead atoms. The molecule has 0 saturated carbocycles. The van der Waals surface area contributed by atoms with E-state index in [9.17, 15) is 0 Å². The number of aryl methyl sites for hydroxylation is 1. The Morgan fingerprint density at radius 3 is 2.54 bits per heavy atom. The maximum atomic E-state index is 5.54. The average Bonchev–Trinajstić information content (AvgIpc) is 3.14. The first-order chi connectivity index (χ1) is 12.7. The maximum absolute atomic E-state index is 5.54. The third-order valence-electron chi connectivity index (χ3n) is 5.44. The first-order valence-corrected chi connectivity index (χ1v) is 9.36. The van der Waals surface area contributed by atoms with E-state index in [0.717, 1.165) is 49.7 Å². The van der Waals surface area contributed by atoms with Crippen molar-refractivity contribution in [3.63, 3.8) is 0 Å². The van der Waals surface area contributed by atoms with Crippen molar-refractivity contribution >= 4 is 5.69 Å². The first-order valence-electron chi connectivity index (χ1n) is 9.36. The number of aromatic nitrogens is 1. The maximum Gasteiger partial charge on any atom is 0.167 e. The second-order valence-corrected chi connectivity index (χ2v) is 7.18. The first kappa shape index (κ1) is 16.9. The largest absolute Gasteiger partial charge is 0.360 e. The molecule has 0 radical (unpaired) electrons. The fourth-order valence-electron chi connectivity index (χ4n) is 3.71. The minimum Gasteiger partial charge on any atom is -0.360 e.